The lowest BCUT2D eigenvalue weighted by atomic mass is 9.79. The van der Waals surface area contributed by atoms with Gasteiger partial charge in [-0.3, -0.25) is 0 Å². The summed E-state index contributed by atoms with van der Waals surface area (Å²) in [6.45, 7) is 1.27. The summed E-state index contributed by atoms with van der Waals surface area (Å²) in [5.74, 6) is 0. The Morgan fingerprint density at radius 3 is 1.21 bits per heavy atom. The average molecular weight is 586 g/mol. The standard InChI is InChI=1S/C24H24B2N2O4.2BrH/c29-25(30)23-5-1-3-19(15-23)17-27-11-7-21(8-12-27)22-9-13-28(14-10-22)18-20-4-2-6-24(16-20)26(31)32;;/h1-16,29-32H,17-18H2;2*1H/q+2;;/p-2. The molecule has 4 aromatic rings. The van der Waals surface area contributed by atoms with Gasteiger partial charge in [0.05, 0.1) is 0 Å². The molecule has 2 aromatic carbocycles. The van der Waals surface area contributed by atoms with Crippen LogP contribution in [0.25, 0.3) is 11.1 Å². The first-order chi connectivity index (χ1) is 15.5. The Labute approximate surface area is 220 Å². The monoisotopic (exact) mass is 584 g/mol. The minimum Gasteiger partial charge on any atom is -1.00 e. The molecule has 0 spiro atoms. The van der Waals surface area contributed by atoms with Crippen LogP contribution in [-0.2, 0) is 13.1 Å². The molecule has 0 aliphatic carbocycles. The molecular weight excluding hydrogens is 562 g/mol. The van der Waals surface area contributed by atoms with Gasteiger partial charge in [0.15, 0.2) is 37.9 Å². The van der Waals surface area contributed by atoms with E-state index in [0.29, 0.717) is 24.0 Å². The van der Waals surface area contributed by atoms with Crippen LogP contribution in [0.3, 0.4) is 0 Å². The van der Waals surface area contributed by atoms with Crippen LogP contribution in [0, 0.1) is 0 Å². The molecule has 0 aliphatic heterocycles. The molecule has 34 heavy (non-hydrogen) atoms. The van der Waals surface area contributed by atoms with Crippen LogP contribution in [0.5, 0.6) is 0 Å². The number of hydrogen-bond donors (Lipinski definition) is 4. The van der Waals surface area contributed by atoms with Crippen LogP contribution < -0.4 is 54.0 Å². The maximum absolute atomic E-state index is 9.34. The number of halogens is 2. The molecule has 174 valence electrons. The van der Waals surface area contributed by atoms with E-state index in [0.717, 1.165) is 22.3 Å². The van der Waals surface area contributed by atoms with Gasteiger partial charge < -0.3 is 54.1 Å². The van der Waals surface area contributed by atoms with Gasteiger partial charge >= 0.3 is 14.2 Å². The highest BCUT2D eigenvalue weighted by molar-refractivity contribution is 6.58. The molecule has 0 unspecified atom stereocenters. The Morgan fingerprint density at radius 2 is 0.882 bits per heavy atom. The van der Waals surface area contributed by atoms with Crippen molar-refractivity contribution in [3.05, 3.63) is 109 Å². The maximum Gasteiger partial charge on any atom is 0.488 e. The molecule has 10 heteroatoms. The lowest BCUT2D eigenvalue weighted by Crippen LogP contribution is -3.00. The zero-order valence-electron chi connectivity index (χ0n) is 18.2. The highest BCUT2D eigenvalue weighted by Crippen LogP contribution is 2.16. The quantitative estimate of drug-likeness (QED) is 0.128. The van der Waals surface area contributed by atoms with Crippen LogP contribution >= 0.6 is 0 Å². The van der Waals surface area contributed by atoms with Gasteiger partial charge in [0.2, 0.25) is 0 Å². The van der Waals surface area contributed by atoms with Gasteiger partial charge in [0.1, 0.15) is 0 Å². The molecule has 4 rings (SSSR count). The van der Waals surface area contributed by atoms with E-state index in [1.54, 1.807) is 24.3 Å². The molecule has 0 saturated heterocycles. The Hall–Kier alpha value is -2.33. The van der Waals surface area contributed by atoms with E-state index in [4.69, 9.17) is 0 Å². The summed E-state index contributed by atoms with van der Waals surface area (Å²) >= 11 is 0. The molecule has 0 aliphatic rings. The van der Waals surface area contributed by atoms with E-state index < -0.39 is 14.2 Å². The van der Waals surface area contributed by atoms with Crippen molar-refractivity contribution in [2.45, 2.75) is 13.1 Å². The molecule has 0 amide bonds. The number of hydrogen-bond acceptors (Lipinski definition) is 4. The van der Waals surface area contributed by atoms with E-state index in [1.165, 1.54) is 0 Å². The summed E-state index contributed by atoms with van der Waals surface area (Å²) < 4.78 is 4.08. The first kappa shape index (κ1) is 27.9. The Balaban J connectivity index is 0.00000204. The minimum atomic E-state index is -1.46. The molecule has 0 fully saturated rings. The van der Waals surface area contributed by atoms with Gasteiger partial charge in [-0.2, -0.15) is 0 Å². The van der Waals surface area contributed by atoms with E-state index in [-0.39, 0.29) is 34.0 Å². The molecule has 6 nitrogen and oxygen atoms in total. The van der Waals surface area contributed by atoms with Crippen molar-refractivity contribution in [1.29, 1.82) is 0 Å². The third-order valence-corrected chi connectivity index (χ3v) is 5.34. The molecule has 4 N–H and O–H groups in total. The predicted octanol–water partition coefficient (Wildman–Crippen LogP) is -6.61. The first-order valence-corrected chi connectivity index (χ1v) is 10.4. The number of aromatic nitrogens is 2. The van der Waals surface area contributed by atoms with Crippen LogP contribution in [0.1, 0.15) is 11.1 Å². The molecule has 0 radical (unpaired) electrons. The van der Waals surface area contributed by atoms with Gasteiger partial charge in [-0.25, -0.2) is 9.13 Å². The number of pyridine rings is 2. The second-order valence-corrected chi connectivity index (χ2v) is 7.76. The minimum absolute atomic E-state index is 0. The van der Waals surface area contributed by atoms with E-state index in [2.05, 4.69) is 24.3 Å². The van der Waals surface area contributed by atoms with Gasteiger partial charge in [0.25, 0.3) is 0 Å². The zero-order chi connectivity index (χ0) is 22.5. The lowest BCUT2D eigenvalue weighted by Gasteiger charge is -2.04. The summed E-state index contributed by atoms with van der Waals surface area (Å²) in [6, 6.07) is 22.7. The number of rotatable bonds is 7. The largest absolute Gasteiger partial charge is 1.00 e. The van der Waals surface area contributed by atoms with Crippen LogP contribution in [0.2, 0.25) is 0 Å². The van der Waals surface area contributed by atoms with Crippen molar-refractivity contribution in [3.8, 4) is 11.1 Å². The number of nitrogens with zero attached hydrogens (tertiary/aromatic N) is 2. The zero-order valence-corrected chi connectivity index (χ0v) is 21.4. The fourth-order valence-electron chi connectivity index (χ4n) is 3.64. The summed E-state index contributed by atoms with van der Waals surface area (Å²) in [4.78, 5) is 0. The molecule has 0 saturated carbocycles. The average Bonchev–Trinajstić information content (AvgIpc) is 2.80. The highest BCUT2D eigenvalue weighted by Gasteiger charge is 2.14. The van der Waals surface area contributed by atoms with Crippen LogP contribution in [0.15, 0.2) is 97.6 Å². The predicted molar refractivity (Wildman–Crippen MR) is 123 cm³/mol. The third-order valence-electron chi connectivity index (χ3n) is 5.34. The molecule has 0 atom stereocenters. The summed E-state index contributed by atoms with van der Waals surface area (Å²) in [5, 5.41) is 37.4. The van der Waals surface area contributed by atoms with E-state index in [9.17, 15) is 20.1 Å². The molecule has 2 heterocycles. The van der Waals surface area contributed by atoms with E-state index >= 15 is 0 Å². The van der Waals surface area contributed by atoms with Crippen molar-refractivity contribution in [2.24, 2.45) is 0 Å². The van der Waals surface area contributed by atoms with Gasteiger partial charge in [-0.15, -0.1) is 0 Å². The Kier molecular flexibility index (Phi) is 10.6. The second-order valence-electron chi connectivity index (χ2n) is 7.76. The number of benzene rings is 2. The Bertz CT molecular complexity index is 1100. The van der Waals surface area contributed by atoms with Crippen molar-refractivity contribution >= 4 is 25.2 Å². The first-order valence-electron chi connectivity index (χ1n) is 10.4. The van der Waals surface area contributed by atoms with Crippen molar-refractivity contribution in [2.75, 3.05) is 0 Å². The summed E-state index contributed by atoms with van der Waals surface area (Å²) in [7, 11) is -2.93. The smallest absolute Gasteiger partial charge is 0.488 e. The maximum atomic E-state index is 9.34. The van der Waals surface area contributed by atoms with Gasteiger partial charge in [-0.05, 0) is 22.1 Å². The third kappa shape index (κ3) is 7.33. The lowest BCUT2D eigenvalue weighted by molar-refractivity contribution is -0.688. The molecule has 2 aromatic heterocycles. The topological polar surface area (TPSA) is 88.7 Å². The van der Waals surface area contributed by atoms with Crippen molar-refractivity contribution < 1.29 is 63.2 Å². The van der Waals surface area contributed by atoms with E-state index in [1.807, 2.05) is 58.2 Å². The van der Waals surface area contributed by atoms with Crippen LogP contribution in [-0.4, -0.2) is 34.3 Å². The highest BCUT2D eigenvalue weighted by atomic mass is 79.9. The van der Waals surface area contributed by atoms with Crippen molar-refractivity contribution in [1.82, 2.24) is 0 Å². The normalized spacial score (nSPS) is 10.1. The van der Waals surface area contributed by atoms with Crippen molar-refractivity contribution in [3.63, 3.8) is 0 Å². The van der Waals surface area contributed by atoms with Gasteiger partial charge in [0, 0.05) is 35.4 Å². The molecule has 0 bridgehead atoms. The SMILES string of the molecule is OB(O)c1cccc(C[n+]2ccc(-c3cc[n+](Cc4cccc(B(O)O)c4)cc3)cc2)c1.[Br-].[Br-]. The fourth-order valence-corrected chi connectivity index (χ4v) is 3.64. The van der Waals surface area contributed by atoms with Gasteiger partial charge in [-0.1, -0.05) is 48.5 Å². The molecular formula is C24H24B2Br2N2O4. The fraction of sp³-hybridized carbons (Fsp3) is 0.0833. The Morgan fingerprint density at radius 1 is 0.529 bits per heavy atom. The summed E-state index contributed by atoms with van der Waals surface area (Å²) in [5.41, 5.74) is 5.14. The summed E-state index contributed by atoms with van der Waals surface area (Å²) in [6.07, 6.45) is 8.02. The second kappa shape index (κ2) is 12.9. The van der Waals surface area contributed by atoms with Crippen LogP contribution in [0.4, 0.5) is 0 Å².